The highest BCUT2D eigenvalue weighted by molar-refractivity contribution is 7.53. The van der Waals surface area contributed by atoms with E-state index in [9.17, 15) is 35.7 Å². The van der Waals surface area contributed by atoms with Gasteiger partial charge in [0, 0.05) is 0 Å². The summed E-state index contributed by atoms with van der Waals surface area (Å²) < 4.78 is 90.6. The summed E-state index contributed by atoms with van der Waals surface area (Å²) >= 11 is 0. The molecule has 132 valence electrons. The van der Waals surface area contributed by atoms with Gasteiger partial charge in [0.25, 0.3) is 0 Å². The van der Waals surface area contributed by atoms with Crippen molar-refractivity contribution in [2.45, 2.75) is 50.1 Å². The Morgan fingerprint density at radius 1 is 1.05 bits per heavy atom. The van der Waals surface area contributed by atoms with Gasteiger partial charge in [-0.25, -0.2) is 0 Å². The second-order valence-electron chi connectivity index (χ2n) is 4.75. The maximum absolute atomic E-state index is 12.5. The second kappa shape index (κ2) is 7.18. The first-order valence-corrected chi connectivity index (χ1v) is 7.58. The van der Waals surface area contributed by atoms with Crippen molar-refractivity contribution in [2.24, 2.45) is 0 Å². The lowest BCUT2D eigenvalue weighted by atomic mass is 9.95. The maximum Gasteiger partial charge on any atom is 0.390 e. The van der Waals surface area contributed by atoms with Gasteiger partial charge < -0.3 is 14.5 Å². The van der Waals surface area contributed by atoms with E-state index >= 15 is 0 Å². The van der Waals surface area contributed by atoms with Crippen molar-refractivity contribution in [1.82, 2.24) is 0 Å². The maximum atomic E-state index is 12.5. The number of hydrogen-bond acceptors (Lipinski definition) is 3. The van der Waals surface area contributed by atoms with Crippen LogP contribution in [0.25, 0.3) is 0 Å². The van der Waals surface area contributed by atoms with Gasteiger partial charge in [0.1, 0.15) is 0 Å². The van der Waals surface area contributed by atoms with E-state index in [0.717, 1.165) is 0 Å². The molecule has 0 unspecified atom stereocenters. The Morgan fingerprint density at radius 3 is 1.73 bits per heavy atom. The quantitative estimate of drug-likeness (QED) is 0.414. The Bertz CT molecular complexity index is 411. The van der Waals surface area contributed by atoms with E-state index in [1.54, 1.807) is 0 Å². The predicted octanol–water partition coefficient (Wildman–Crippen LogP) is 3.15. The summed E-state index contributed by atoms with van der Waals surface area (Å²) in [6, 6.07) is 0. The van der Waals surface area contributed by atoms with Gasteiger partial charge in [-0.05, 0) is 6.42 Å². The number of carbonyl (C=O) groups is 1. The first-order chi connectivity index (χ1) is 9.62. The number of esters is 1. The molecule has 0 saturated carbocycles. The molecule has 0 amide bonds. The largest absolute Gasteiger partial charge is 0.466 e. The van der Waals surface area contributed by atoms with E-state index < -0.39 is 50.3 Å². The molecule has 0 aliphatic rings. The molecule has 0 spiro atoms. The Hall–Kier alpha value is -0.800. The molecule has 0 rings (SSSR count). The van der Waals surface area contributed by atoms with Crippen molar-refractivity contribution in [3.63, 3.8) is 0 Å². The highest BCUT2D eigenvalue weighted by atomic mass is 31.2. The topological polar surface area (TPSA) is 83.8 Å². The Morgan fingerprint density at radius 2 is 1.45 bits per heavy atom. The standard InChI is InChI=1S/C10H15F6O5P/c1-2-3-21-7(17)4-8(22(18,19)20,5-9(11,12)13)6-10(14,15)16/h2-6H2,1H3,(H2,18,19,20). The summed E-state index contributed by atoms with van der Waals surface area (Å²) in [6.07, 6.45) is -17.0. The zero-order valence-corrected chi connectivity index (χ0v) is 12.3. The van der Waals surface area contributed by atoms with Crippen molar-refractivity contribution < 1.29 is 50.2 Å². The zero-order chi connectivity index (χ0) is 17.8. The average Bonchev–Trinajstić information content (AvgIpc) is 2.19. The van der Waals surface area contributed by atoms with Gasteiger partial charge in [-0.1, -0.05) is 6.92 Å². The SMILES string of the molecule is CCCOC(=O)CC(CC(F)(F)F)(CC(F)(F)F)P(=O)(O)O. The van der Waals surface area contributed by atoms with Crippen LogP contribution in [0.4, 0.5) is 26.3 Å². The minimum atomic E-state index is -5.93. The molecule has 0 atom stereocenters. The molecular weight excluding hydrogens is 345 g/mol. The van der Waals surface area contributed by atoms with E-state index in [4.69, 9.17) is 9.79 Å². The van der Waals surface area contributed by atoms with Crippen molar-refractivity contribution in [2.75, 3.05) is 6.61 Å². The summed E-state index contributed by atoms with van der Waals surface area (Å²) in [5.74, 6) is -1.53. The molecule has 12 heteroatoms. The molecule has 0 aromatic carbocycles. The average molecular weight is 360 g/mol. The summed E-state index contributed by atoms with van der Waals surface area (Å²) in [7, 11) is -5.93. The predicted molar refractivity (Wildman–Crippen MR) is 62.0 cm³/mol. The summed E-state index contributed by atoms with van der Waals surface area (Å²) in [5.41, 5.74) is 0. The molecule has 22 heavy (non-hydrogen) atoms. The van der Waals surface area contributed by atoms with Gasteiger partial charge in [-0.2, -0.15) is 26.3 Å². The van der Waals surface area contributed by atoms with Crippen molar-refractivity contribution in [3.8, 4) is 0 Å². The first-order valence-electron chi connectivity index (χ1n) is 5.97. The highest BCUT2D eigenvalue weighted by Crippen LogP contribution is 2.61. The highest BCUT2D eigenvalue weighted by Gasteiger charge is 2.59. The van der Waals surface area contributed by atoms with Crippen molar-refractivity contribution >= 4 is 13.6 Å². The molecule has 0 heterocycles. The third-order valence-electron chi connectivity index (χ3n) is 2.62. The molecule has 0 fully saturated rings. The lowest BCUT2D eigenvalue weighted by Gasteiger charge is -2.34. The fourth-order valence-corrected chi connectivity index (χ4v) is 2.88. The second-order valence-corrected chi connectivity index (χ2v) is 6.79. The molecule has 0 saturated heterocycles. The van der Waals surface area contributed by atoms with Gasteiger partial charge in [-0.15, -0.1) is 0 Å². The van der Waals surface area contributed by atoms with Crippen LogP contribution in [-0.2, 0) is 14.1 Å². The van der Waals surface area contributed by atoms with Gasteiger partial charge >= 0.3 is 25.9 Å². The molecule has 0 aromatic heterocycles. The third kappa shape index (κ3) is 7.46. The van der Waals surface area contributed by atoms with E-state index in [1.807, 2.05) is 0 Å². The number of alkyl halides is 6. The van der Waals surface area contributed by atoms with E-state index in [1.165, 1.54) is 6.92 Å². The summed E-state index contributed by atoms with van der Waals surface area (Å²) in [4.78, 5) is 29.4. The van der Waals surface area contributed by atoms with Crippen LogP contribution in [-0.4, -0.2) is 39.9 Å². The Balaban J connectivity index is 5.66. The smallest absolute Gasteiger partial charge is 0.390 e. The molecule has 2 N–H and O–H groups in total. The minimum absolute atomic E-state index is 0.243. The van der Waals surface area contributed by atoms with Crippen LogP contribution in [0.3, 0.4) is 0 Å². The van der Waals surface area contributed by atoms with Crippen LogP contribution in [0.5, 0.6) is 0 Å². The van der Waals surface area contributed by atoms with E-state index in [-0.39, 0.29) is 13.0 Å². The van der Waals surface area contributed by atoms with Crippen molar-refractivity contribution in [1.29, 1.82) is 0 Å². The fraction of sp³-hybridized carbons (Fsp3) is 0.900. The normalized spacial score (nSPS) is 14.0. The zero-order valence-electron chi connectivity index (χ0n) is 11.4. The molecule has 0 bridgehead atoms. The first kappa shape index (κ1) is 21.2. The van der Waals surface area contributed by atoms with Crippen LogP contribution in [0.15, 0.2) is 0 Å². The number of ether oxygens (including phenoxy) is 1. The molecular formula is C10H15F6O5P. The molecule has 0 aromatic rings. The number of carbonyl (C=O) groups excluding carboxylic acids is 1. The molecule has 0 aliphatic heterocycles. The third-order valence-corrected chi connectivity index (χ3v) is 4.33. The van der Waals surface area contributed by atoms with Crippen LogP contribution in [0.2, 0.25) is 0 Å². The minimum Gasteiger partial charge on any atom is -0.466 e. The van der Waals surface area contributed by atoms with E-state index in [0.29, 0.717) is 0 Å². The lowest BCUT2D eigenvalue weighted by molar-refractivity contribution is -0.174. The van der Waals surface area contributed by atoms with Gasteiger partial charge in [0.2, 0.25) is 0 Å². The molecule has 0 aliphatic carbocycles. The number of rotatable bonds is 7. The number of halogens is 6. The fourth-order valence-electron chi connectivity index (χ4n) is 1.78. The van der Waals surface area contributed by atoms with Crippen LogP contribution < -0.4 is 0 Å². The summed E-state index contributed by atoms with van der Waals surface area (Å²) in [6.45, 7) is 1.24. The molecule has 5 nitrogen and oxygen atoms in total. The number of hydrogen-bond donors (Lipinski definition) is 2. The van der Waals surface area contributed by atoms with Crippen molar-refractivity contribution in [3.05, 3.63) is 0 Å². The Labute approximate surface area is 121 Å². The Kier molecular flexibility index (Phi) is 6.92. The van der Waals surface area contributed by atoms with Gasteiger partial charge in [-0.3, -0.25) is 9.36 Å². The summed E-state index contributed by atoms with van der Waals surface area (Å²) in [5, 5.41) is -3.63. The van der Waals surface area contributed by atoms with Crippen LogP contribution in [0.1, 0.15) is 32.6 Å². The van der Waals surface area contributed by atoms with E-state index in [2.05, 4.69) is 4.74 Å². The van der Waals surface area contributed by atoms with Gasteiger partial charge in [0.15, 0.2) is 0 Å². The molecule has 0 radical (unpaired) electrons. The van der Waals surface area contributed by atoms with Gasteiger partial charge in [0.05, 0.1) is 31.0 Å². The van der Waals surface area contributed by atoms with Crippen LogP contribution >= 0.6 is 7.60 Å². The monoisotopic (exact) mass is 360 g/mol. The van der Waals surface area contributed by atoms with Crippen LogP contribution in [0, 0.1) is 0 Å². The lowest BCUT2D eigenvalue weighted by Crippen LogP contribution is -2.41.